The van der Waals surface area contributed by atoms with Crippen LogP contribution in [0.4, 0.5) is 17.5 Å². The summed E-state index contributed by atoms with van der Waals surface area (Å²) in [6.07, 6.45) is 7.20. The third kappa shape index (κ3) is 4.25. The zero-order valence-electron chi connectivity index (χ0n) is 18.5. The molecule has 2 saturated heterocycles. The average molecular weight is 436 g/mol. The highest BCUT2D eigenvalue weighted by molar-refractivity contribution is 5.91. The van der Waals surface area contributed by atoms with Crippen molar-refractivity contribution in [2.75, 3.05) is 24.3 Å². The lowest BCUT2D eigenvalue weighted by Crippen LogP contribution is -2.56. The number of nitrogens with one attached hydrogen (secondary N) is 3. The van der Waals surface area contributed by atoms with Gasteiger partial charge in [-0.05, 0) is 44.7 Å². The molecule has 3 N–H and O–H groups in total. The van der Waals surface area contributed by atoms with Gasteiger partial charge in [0.15, 0.2) is 5.82 Å². The lowest BCUT2D eigenvalue weighted by atomic mass is 9.81. The average Bonchev–Trinajstić information content (AvgIpc) is 3.18. The summed E-state index contributed by atoms with van der Waals surface area (Å²) in [7, 11) is 1.46. The van der Waals surface area contributed by atoms with E-state index < -0.39 is 0 Å². The SMILES string of the molecule is COC(=O)CN1[C@@H]2CCC[C@H]1CC(Nc1nc(Nc3cc(C)[nH]n3)cc3ncccc13)C2. The number of hydrogen-bond acceptors (Lipinski definition) is 8. The highest BCUT2D eigenvalue weighted by Crippen LogP contribution is 2.36. The Bertz CT molecular complexity index is 1100. The molecule has 0 aliphatic carbocycles. The summed E-state index contributed by atoms with van der Waals surface area (Å²) in [5.41, 5.74) is 1.86. The minimum Gasteiger partial charge on any atom is -0.468 e. The number of aromatic amines is 1. The van der Waals surface area contributed by atoms with Gasteiger partial charge in [0.1, 0.15) is 11.6 Å². The normalized spacial score (nSPS) is 23.1. The zero-order chi connectivity index (χ0) is 22.1. The Morgan fingerprint density at radius 3 is 2.78 bits per heavy atom. The van der Waals surface area contributed by atoms with Crippen LogP contribution in [0.2, 0.25) is 0 Å². The summed E-state index contributed by atoms with van der Waals surface area (Å²) >= 11 is 0. The van der Waals surface area contributed by atoms with E-state index in [1.165, 1.54) is 13.5 Å². The van der Waals surface area contributed by atoms with Crippen LogP contribution in [0, 0.1) is 6.92 Å². The number of aromatic nitrogens is 4. The zero-order valence-corrected chi connectivity index (χ0v) is 18.5. The van der Waals surface area contributed by atoms with Crippen molar-refractivity contribution in [2.24, 2.45) is 0 Å². The molecule has 5 heterocycles. The summed E-state index contributed by atoms with van der Waals surface area (Å²) in [5.74, 6) is 2.10. The van der Waals surface area contributed by atoms with E-state index in [-0.39, 0.29) is 12.0 Å². The maximum absolute atomic E-state index is 11.9. The lowest BCUT2D eigenvalue weighted by molar-refractivity contribution is -0.144. The van der Waals surface area contributed by atoms with Gasteiger partial charge in [-0.3, -0.25) is 19.8 Å². The van der Waals surface area contributed by atoms with E-state index in [2.05, 4.69) is 30.7 Å². The molecule has 2 bridgehead atoms. The first-order valence-corrected chi connectivity index (χ1v) is 11.2. The lowest BCUT2D eigenvalue weighted by Gasteiger charge is -2.48. The Balaban J connectivity index is 1.38. The van der Waals surface area contributed by atoms with Gasteiger partial charge in [-0.1, -0.05) is 6.42 Å². The second kappa shape index (κ2) is 8.74. The van der Waals surface area contributed by atoms with E-state index >= 15 is 0 Å². The molecule has 9 heteroatoms. The molecule has 0 saturated carbocycles. The van der Waals surface area contributed by atoms with Gasteiger partial charge in [0.2, 0.25) is 0 Å². The monoisotopic (exact) mass is 435 g/mol. The number of methoxy groups -OCH3 is 1. The number of carbonyl (C=O) groups is 1. The Kier molecular flexibility index (Phi) is 5.65. The molecule has 3 aromatic heterocycles. The standard InChI is InChI=1S/C23H29N7O2/c1-14-9-21(29-28-14)26-20-12-19-18(7-4-8-24-19)23(27-20)25-15-10-16-5-3-6-17(11-15)30(16)13-22(31)32-2/h4,7-9,12,15-17H,3,5-6,10-11,13H2,1-2H3,(H3,25,26,27,28,29)/t15?,16-,17+. The van der Waals surface area contributed by atoms with Crippen molar-refractivity contribution in [1.82, 2.24) is 25.1 Å². The first-order valence-electron chi connectivity index (χ1n) is 11.2. The molecule has 3 aromatic rings. The number of aryl methyl sites for hydroxylation is 1. The van der Waals surface area contributed by atoms with Crippen molar-refractivity contribution in [3.8, 4) is 0 Å². The minimum absolute atomic E-state index is 0.153. The third-order valence-corrected chi connectivity index (χ3v) is 6.57. The molecule has 9 nitrogen and oxygen atoms in total. The summed E-state index contributed by atoms with van der Waals surface area (Å²) in [6, 6.07) is 8.93. The van der Waals surface area contributed by atoms with E-state index in [4.69, 9.17) is 9.72 Å². The number of carbonyl (C=O) groups excluding carboxylic acids is 1. The summed E-state index contributed by atoms with van der Waals surface area (Å²) < 4.78 is 4.92. The Labute approximate surface area is 187 Å². The molecule has 2 aliphatic rings. The predicted octanol–water partition coefficient (Wildman–Crippen LogP) is 3.38. The summed E-state index contributed by atoms with van der Waals surface area (Å²) in [4.78, 5) is 23.7. The molecule has 32 heavy (non-hydrogen) atoms. The van der Waals surface area contributed by atoms with Gasteiger partial charge >= 0.3 is 5.97 Å². The third-order valence-electron chi connectivity index (χ3n) is 6.57. The van der Waals surface area contributed by atoms with E-state index in [1.54, 1.807) is 6.20 Å². The fourth-order valence-electron chi connectivity index (χ4n) is 5.12. The topological polar surface area (TPSA) is 108 Å². The maximum Gasteiger partial charge on any atom is 0.319 e. The molecule has 1 unspecified atom stereocenters. The van der Waals surface area contributed by atoms with Crippen molar-refractivity contribution in [2.45, 2.75) is 57.2 Å². The highest BCUT2D eigenvalue weighted by atomic mass is 16.5. The van der Waals surface area contributed by atoms with Gasteiger partial charge in [0.25, 0.3) is 0 Å². The number of H-pyrrole nitrogens is 1. The highest BCUT2D eigenvalue weighted by Gasteiger charge is 2.39. The van der Waals surface area contributed by atoms with E-state index in [9.17, 15) is 4.79 Å². The predicted molar refractivity (Wildman–Crippen MR) is 123 cm³/mol. The van der Waals surface area contributed by atoms with Crippen molar-refractivity contribution >= 4 is 34.3 Å². The second-order valence-electron chi connectivity index (χ2n) is 8.79. The number of anilines is 3. The van der Waals surface area contributed by atoms with E-state index in [0.717, 1.165) is 53.9 Å². The molecule has 0 aromatic carbocycles. The molecule has 0 amide bonds. The van der Waals surface area contributed by atoms with Gasteiger partial charge in [-0.25, -0.2) is 4.98 Å². The molecule has 0 radical (unpaired) electrons. The maximum atomic E-state index is 11.9. The molecular weight excluding hydrogens is 406 g/mol. The van der Waals surface area contributed by atoms with Crippen LogP contribution in [-0.2, 0) is 9.53 Å². The molecule has 2 aliphatic heterocycles. The first-order chi connectivity index (χ1) is 15.6. The summed E-state index contributed by atoms with van der Waals surface area (Å²) in [5, 5.41) is 15.2. The number of piperidine rings is 2. The van der Waals surface area contributed by atoms with Crippen molar-refractivity contribution < 1.29 is 9.53 Å². The van der Waals surface area contributed by atoms with Crippen LogP contribution in [0.3, 0.4) is 0 Å². The number of pyridine rings is 2. The van der Waals surface area contributed by atoms with Crippen LogP contribution in [0.5, 0.6) is 0 Å². The van der Waals surface area contributed by atoms with Crippen LogP contribution in [-0.4, -0.2) is 62.8 Å². The number of rotatable bonds is 6. The quantitative estimate of drug-likeness (QED) is 0.506. The molecule has 168 valence electrons. The summed E-state index contributed by atoms with van der Waals surface area (Å²) in [6.45, 7) is 2.34. The van der Waals surface area contributed by atoms with Crippen LogP contribution < -0.4 is 10.6 Å². The van der Waals surface area contributed by atoms with Crippen LogP contribution >= 0.6 is 0 Å². The molecule has 5 rings (SSSR count). The van der Waals surface area contributed by atoms with Crippen LogP contribution in [0.25, 0.3) is 10.9 Å². The number of hydrogen-bond donors (Lipinski definition) is 3. The fourth-order valence-corrected chi connectivity index (χ4v) is 5.12. The largest absolute Gasteiger partial charge is 0.468 e. The van der Waals surface area contributed by atoms with Gasteiger partial charge in [0.05, 0.1) is 19.2 Å². The van der Waals surface area contributed by atoms with Crippen molar-refractivity contribution in [1.29, 1.82) is 0 Å². The smallest absolute Gasteiger partial charge is 0.319 e. The van der Waals surface area contributed by atoms with Gasteiger partial charge in [-0.15, -0.1) is 0 Å². The van der Waals surface area contributed by atoms with E-state index in [1.807, 2.05) is 31.2 Å². The van der Waals surface area contributed by atoms with Crippen LogP contribution in [0.15, 0.2) is 30.5 Å². The van der Waals surface area contributed by atoms with Gasteiger partial charge < -0.3 is 15.4 Å². The number of nitrogens with zero attached hydrogens (tertiary/aromatic N) is 4. The molecule has 3 atom stereocenters. The number of ether oxygens (including phenoxy) is 1. The first kappa shape index (κ1) is 20.7. The molecular formula is C23H29N7O2. The van der Waals surface area contributed by atoms with E-state index in [0.29, 0.717) is 24.4 Å². The molecule has 2 fully saturated rings. The Hall–Kier alpha value is -3.20. The number of fused-ring (bicyclic) bond motifs is 3. The van der Waals surface area contributed by atoms with Crippen LogP contribution in [0.1, 0.15) is 37.8 Å². The second-order valence-corrected chi connectivity index (χ2v) is 8.79. The van der Waals surface area contributed by atoms with Crippen molar-refractivity contribution in [3.05, 3.63) is 36.2 Å². The fraction of sp³-hybridized carbons (Fsp3) is 0.478. The number of esters is 1. The Morgan fingerprint density at radius 1 is 1.25 bits per heavy atom. The van der Waals surface area contributed by atoms with Gasteiger partial charge in [0, 0.05) is 47.5 Å². The Morgan fingerprint density at radius 2 is 2.06 bits per heavy atom. The van der Waals surface area contributed by atoms with Crippen molar-refractivity contribution in [3.63, 3.8) is 0 Å². The molecule has 0 spiro atoms. The minimum atomic E-state index is -0.153. The van der Waals surface area contributed by atoms with Gasteiger partial charge in [-0.2, -0.15) is 5.10 Å².